The van der Waals surface area contributed by atoms with Crippen LogP contribution in [0.15, 0.2) is 251 Å². The van der Waals surface area contributed by atoms with Gasteiger partial charge in [-0.05, 0) is 116 Å². The summed E-state index contributed by atoms with van der Waals surface area (Å²) < 4.78 is 5.97. The fourth-order valence-electron chi connectivity index (χ4n) is 8.34. The molecule has 0 bridgehead atoms. The van der Waals surface area contributed by atoms with E-state index in [-0.39, 0.29) is 11.8 Å². The number of carbonyl (C=O) groups excluding carboxylic acids is 2. The van der Waals surface area contributed by atoms with Gasteiger partial charge in [-0.25, -0.2) is 0 Å². The predicted molar refractivity (Wildman–Crippen MR) is 313 cm³/mol. The summed E-state index contributed by atoms with van der Waals surface area (Å²) in [6.07, 6.45) is 2.26. The molecule has 11 heteroatoms. The smallest absolute Gasteiger partial charge is 0.269 e. The molecule has 0 unspecified atom stereocenters. The first-order valence-corrected chi connectivity index (χ1v) is 25.8. The SMILES string of the molecule is Cc1cccc(-c2nnc(-c3ccccc3Cc3ccccc3)o2)c1.Cc1cccc(/C(Cl)=N/N=C(\Cl)c2ccccc2Cc2ccccc2)c1.Cc1cccc(C(=O)NNC(=O)c2ccccc2Cc2ccccc2)c1. The Kier molecular flexibility index (Phi) is 19.4. The number of benzene rings is 9. The monoisotopic (exact) mass is 1050 g/mol. The lowest BCUT2D eigenvalue weighted by molar-refractivity contribution is 0.0846. The quantitative estimate of drug-likeness (QED) is 0.0880. The lowest BCUT2D eigenvalue weighted by Gasteiger charge is -2.11. The highest BCUT2D eigenvalue weighted by Gasteiger charge is 2.16. The van der Waals surface area contributed by atoms with Gasteiger partial charge in [0.15, 0.2) is 10.3 Å². The maximum absolute atomic E-state index is 12.5. The molecule has 0 saturated heterocycles. The minimum absolute atomic E-state index is 0.312. The van der Waals surface area contributed by atoms with Gasteiger partial charge in [-0.1, -0.05) is 234 Å². The Morgan fingerprint density at radius 3 is 1.43 bits per heavy atom. The van der Waals surface area contributed by atoms with Crippen LogP contribution in [-0.4, -0.2) is 32.4 Å². The Hall–Kier alpha value is -9.02. The number of hydrogen-bond acceptors (Lipinski definition) is 7. The van der Waals surface area contributed by atoms with Crippen molar-refractivity contribution in [2.24, 2.45) is 10.2 Å². The molecule has 0 saturated carbocycles. The van der Waals surface area contributed by atoms with Gasteiger partial charge in [0.2, 0.25) is 11.8 Å². The molecule has 9 nitrogen and oxygen atoms in total. The van der Waals surface area contributed by atoms with Crippen molar-refractivity contribution >= 4 is 45.4 Å². The van der Waals surface area contributed by atoms with Gasteiger partial charge in [0, 0.05) is 33.4 Å². The minimum Gasteiger partial charge on any atom is -0.416 e. The van der Waals surface area contributed by atoms with Gasteiger partial charge in [0.1, 0.15) is 0 Å². The van der Waals surface area contributed by atoms with Crippen LogP contribution in [0, 0.1) is 20.8 Å². The van der Waals surface area contributed by atoms with E-state index in [0.717, 1.165) is 62.9 Å². The average Bonchev–Trinajstić information content (AvgIpc) is 3.96. The average molecular weight is 1050 g/mol. The Bertz CT molecular complexity index is 3620. The summed E-state index contributed by atoms with van der Waals surface area (Å²) >= 11 is 12.7. The van der Waals surface area contributed by atoms with E-state index in [9.17, 15) is 9.59 Å². The van der Waals surface area contributed by atoms with Gasteiger partial charge in [0.05, 0.1) is 0 Å². The number of halogens is 2. The molecule has 2 N–H and O–H groups in total. The van der Waals surface area contributed by atoms with Crippen molar-refractivity contribution in [2.45, 2.75) is 40.0 Å². The van der Waals surface area contributed by atoms with E-state index in [0.29, 0.717) is 39.7 Å². The normalized spacial score (nSPS) is 11.1. The molecule has 0 aliphatic carbocycles. The Labute approximate surface area is 460 Å². The lowest BCUT2D eigenvalue weighted by Crippen LogP contribution is -2.42. The van der Waals surface area contributed by atoms with Crippen molar-refractivity contribution in [3.05, 3.63) is 309 Å². The summed E-state index contributed by atoms with van der Waals surface area (Å²) in [5.41, 5.74) is 19.7. The summed E-state index contributed by atoms with van der Waals surface area (Å²) in [5.74, 6) is 0.427. The third-order valence-electron chi connectivity index (χ3n) is 12.2. The molecule has 1 heterocycles. The van der Waals surface area contributed by atoms with Gasteiger partial charge in [0.25, 0.3) is 11.8 Å². The van der Waals surface area contributed by atoms with E-state index in [1.165, 1.54) is 22.3 Å². The summed E-state index contributed by atoms with van der Waals surface area (Å²) in [6, 6.07) is 77.2. The molecule has 1 aromatic heterocycles. The highest BCUT2D eigenvalue weighted by Crippen LogP contribution is 2.28. The molecule has 0 aliphatic rings. The van der Waals surface area contributed by atoms with Crippen LogP contribution in [0.1, 0.15) is 81.9 Å². The van der Waals surface area contributed by atoms with Crippen molar-refractivity contribution in [1.29, 1.82) is 0 Å². The zero-order chi connectivity index (χ0) is 53.8. The summed E-state index contributed by atoms with van der Waals surface area (Å²) in [5, 5.41) is 17.4. The van der Waals surface area contributed by atoms with Gasteiger partial charge in [-0.2, -0.15) is 0 Å². The van der Waals surface area contributed by atoms with Crippen LogP contribution in [0.4, 0.5) is 0 Å². The second kappa shape index (κ2) is 27.5. The van der Waals surface area contributed by atoms with Crippen LogP contribution in [0.25, 0.3) is 22.9 Å². The van der Waals surface area contributed by atoms with E-state index in [1.54, 1.807) is 24.3 Å². The number of carbonyl (C=O) groups is 2. The fraction of sp³-hybridized carbons (Fsp3) is 0.0909. The maximum Gasteiger partial charge on any atom is 0.269 e. The Balaban J connectivity index is 0.000000153. The lowest BCUT2D eigenvalue weighted by atomic mass is 9.99. The number of aromatic nitrogens is 2. The van der Waals surface area contributed by atoms with Crippen LogP contribution >= 0.6 is 23.2 Å². The molecule has 77 heavy (non-hydrogen) atoms. The number of amides is 2. The second-order valence-electron chi connectivity index (χ2n) is 18.2. The highest BCUT2D eigenvalue weighted by atomic mass is 35.5. The van der Waals surface area contributed by atoms with Crippen molar-refractivity contribution in [3.63, 3.8) is 0 Å². The standard InChI is InChI=1S/C22H18Cl2N2.C22H20N2O2.C22H18N2O/c1-16-8-7-12-19(14-16)21(23)25-26-22(24)20-13-6-5-11-18(20)15-17-9-3-2-4-10-17;1-16-8-7-12-19(14-16)21(25)23-24-22(26)20-13-6-5-11-18(20)15-17-9-3-2-4-10-17;1-16-8-7-12-19(14-16)21-23-24-22(25-21)20-13-6-5-11-18(20)15-17-9-3-2-4-10-17/h2-14H,15H2,1H3;2-14H,15H2,1H3,(H,23,25)(H,24,26);2-14H,15H2,1H3/b25-21-,26-22-;;. The molecule has 9 aromatic carbocycles. The first kappa shape index (κ1) is 54.2. The molecule has 382 valence electrons. The molecule has 10 aromatic rings. The number of nitrogens with one attached hydrogen (secondary N) is 2. The van der Waals surface area contributed by atoms with Crippen LogP contribution in [0.2, 0.25) is 0 Å². The second-order valence-corrected chi connectivity index (χ2v) is 18.9. The summed E-state index contributed by atoms with van der Waals surface area (Å²) in [6.45, 7) is 5.97. The molecule has 0 atom stereocenters. The zero-order valence-electron chi connectivity index (χ0n) is 42.9. The molecular weight excluding hydrogens is 996 g/mol. The van der Waals surface area contributed by atoms with E-state index < -0.39 is 0 Å². The van der Waals surface area contributed by atoms with Gasteiger partial charge >= 0.3 is 0 Å². The van der Waals surface area contributed by atoms with Crippen molar-refractivity contribution in [3.8, 4) is 22.9 Å². The zero-order valence-corrected chi connectivity index (χ0v) is 44.4. The molecule has 2 amide bonds. The molecule has 0 radical (unpaired) electrons. The fourth-order valence-corrected chi connectivity index (χ4v) is 8.72. The molecule has 0 aliphatic heterocycles. The van der Waals surface area contributed by atoms with E-state index in [2.05, 4.69) is 86.7 Å². The van der Waals surface area contributed by atoms with E-state index in [4.69, 9.17) is 27.6 Å². The highest BCUT2D eigenvalue weighted by molar-refractivity contribution is 6.71. The largest absolute Gasteiger partial charge is 0.416 e. The first-order valence-electron chi connectivity index (χ1n) is 25.0. The van der Waals surface area contributed by atoms with E-state index >= 15 is 0 Å². The minimum atomic E-state index is -0.345. The number of hydrogen-bond donors (Lipinski definition) is 2. The third kappa shape index (κ3) is 16.0. The number of aryl methyl sites for hydroxylation is 3. The number of hydrazine groups is 1. The Morgan fingerprint density at radius 2 is 0.844 bits per heavy atom. The number of nitrogens with zero attached hydrogens (tertiary/aromatic N) is 4. The summed E-state index contributed by atoms with van der Waals surface area (Å²) in [7, 11) is 0. The van der Waals surface area contributed by atoms with Crippen LogP contribution < -0.4 is 10.9 Å². The van der Waals surface area contributed by atoms with Crippen molar-refractivity contribution in [1.82, 2.24) is 21.0 Å². The maximum atomic E-state index is 12.5. The summed E-state index contributed by atoms with van der Waals surface area (Å²) in [4.78, 5) is 24.7. The van der Waals surface area contributed by atoms with Gasteiger partial charge in [-0.15, -0.1) is 20.4 Å². The molecule has 10 rings (SSSR count). The van der Waals surface area contributed by atoms with Crippen molar-refractivity contribution < 1.29 is 14.0 Å². The van der Waals surface area contributed by atoms with Crippen LogP contribution in [-0.2, 0) is 19.3 Å². The number of rotatable bonds is 13. The first-order chi connectivity index (χ1) is 37.6. The predicted octanol–water partition coefficient (Wildman–Crippen LogP) is 15.1. The molecule has 0 fully saturated rings. The topological polar surface area (TPSA) is 122 Å². The van der Waals surface area contributed by atoms with Gasteiger partial charge in [-0.3, -0.25) is 20.4 Å². The molecule has 0 spiro atoms. The Morgan fingerprint density at radius 1 is 0.416 bits per heavy atom. The van der Waals surface area contributed by atoms with Crippen molar-refractivity contribution in [2.75, 3.05) is 0 Å². The van der Waals surface area contributed by atoms with Crippen LogP contribution in [0.3, 0.4) is 0 Å². The third-order valence-corrected chi connectivity index (χ3v) is 12.8. The molecular formula is C66H56Cl2N6O3. The van der Waals surface area contributed by atoms with Crippen LogP contribution in [0.5, 0.6) is 0 Å². The van der Waals surface area contributed by atoms with Gasteiger partial charge < -0.3 is 4.42 Å². The van der Waals surface area contributed by atoms with E-state index in [1.807, 2.05) is 178 Å².